The van der Waals surface area contributed by atoms with Crippen molar-refractivity contribution in [2.45, 2.75) is 33.4 Å². The van der Waals surface area contributed by atoms with Gasteiger partial charge in [-0.2, -0.15) is 10.2 Å². The van der Waals surface area contributed by atoms with E-state index in [-0.39, 0.29) is 18.1 Å². The van der Waals surface area contributed by atoms with Gasteiger partial charge in [-0.3, -0.25) is 14.2 Å². The van der Waals surface area contributed by atoms with Gasteiger partial charge in [-0.05, 0) is 25.5 Å². The van der Waals surface area contributed by atoms with Crippen LogP contribution >= 0.6 is 0 Å². The fourth-order valence-corrected chi connectivity index (χ4v) is 2.63. The Bertz CT molecular complexity index is 916. The molecule has 1 N–H and O–H groups in total. The average molecular weight is 359 g/mol. The van der Waals surface area contributed by atoms with Crippen LogP contribution < -0.4 is 5.32 Å². The van der Waals surface area contributed by atoms with Crippen LogP contribution in [0.2, 0.25) is 0 Å². The Balaban J connectivity index is 1.61. The first-order valence-corrected chi connectivity index (χ1v) is 8.12. The molecule has 0 atom stereocenters. The lowest BCUT2D eigenvalue weighted by atomic mass is 10.1. The number of rotatable bonds is 6. The van der Waals surface area contributed by atoms with E-state index in [1.54, 1.807) is 23.9 Å². The molecule has 8 heteroatoms. The first kappa shape index (κ1) is 17.8. The lowest BCUT2D eigenvalue weighted by molar-refractivity contribution is -0.117. The Morgan fingerprint density at radius 2 is 2.00 bits per heavy atom. The summed E-state index contributed by atoms with van der Waals surface area (Å²) in [7, 11) is 0. The van der Waals surface area contributed by atoms with E-state index in [1.165, 1.54) is 16.3 Å². The average Bonchev–Trinajstić information content (AvgIpc) is 3.14. The van der Waals surface area contributed by atoms with E-state index >= 15 is 0 Å². The Kier molecular flexibility index (Phi) is 5.11. The Morgan fingerprint density at radius 3 is 2.69 bits per heavy atom. The van der Waals surface area contributed by atoms with Crippen molar-refractivity contribution in [3.05, 3.63) is 65.1 Å². The molecule has 136 valence electrons. The molecule has 26 heavy (non-hydrogen) atoms. The second-order valence-electron chi connectivity index (χ2n) is 6.10. The van der Waals surface area contributed by atoms with Crippen LogP contribution in [0.15, 0.2) is 42.6 Å². The topological polar surface area (TPSA) is 64.7 Å². The molecule has 6 nitrogen and oxygen atoms in total. The number of aromatic nitrogens is 4. The number of carbonyl (C=O) groups excluding carboxylic acids is 1. The smallest absolute Gasteiger partial charge is 0.282 e. The molecule has 0 aliphatic carbocycles. The number of anilines is 1. The summed E-state index contributed by atoms with van der Waals surface area (Å²) in [5.41, 5.74) is 2.44. The summed E-state index contributed by atoms with van der Waals surface area (Å²) in [5.74, 6) is 0.0272. The fourth-order valence-electron chi connectivity index (χ4n) is 2.63. The molecule has 2 aromatic heterocycles. The van der Waals surface area contributed by atoms with Gasteiger partial charge in [0.2, 0.25) is 5.91 Å². The molecule has 0 saturated carbocycles. The van der Waals surface area contributed by atoms with E-state index in [0.29, 0.717) is 18.1 Å². The van der Waals surface area contributed by atoms with Crippen molar-refractivity contribution in [1.29, 1.82) is 0 Å². The lowest BCUT2D eigenvalue weighted by Crippen LogP contribution is -2.20. The minimum atomic E-state index is -2.66. The third-order valence-electron chi connectivity index (χ3n) is 3.85. The number of nitrogens with zero attached hydrogens (tertiary/aromatic N) is 4. The number of hydrogen-bond acceptors (Lipinski definition) is 3. The Morgan fingerprint density at radius 1 is 1.19 bits per heavy atom. The molecule has 0 saturated heterocycles. The SMILES string of the molecule is Cc1cccc(Cn2ccc(NC(=O)Cn3nc(C(F)F)cc3C)n2)c1. The largest absolute Gasteiger partial charge is 0.308 e. The molecule has 0 aliphatic heterocycles. The summed E-state index contributed by atoms with van der Waals surface area (Å²) in [6.45, 7) is 4.09. The Labute approximate surface area is 149 Å². The molecule has 1 amide bonds. The molecule has 0 aliphatic rings. The van der Waals surface area contributed by atoms with Gasteiger partial charge in [-0.15, -0.1) is 0 Å². The van der Waals surface area contributed by atoms with Crippen molar-refractivity contribution >= 4 is 11.7 Å². The van der Waals surface area contributed by atoms with Crippen LogP contribution in [0.4, 0.5) is 14.6 Å². The predicted molar refractivity (Wildman–Crippen MR) is 93.1 cm³/mol. The zero-order chi connectivity index (χ0) is 18.7. The van der Waals surface area contributed by atoms with Gasteiger partial charge in [0.25, 0.3) is 6.43 Å². The number of hydrogen-bond donors (Lipinski definition) is 1. The molecule has 0 fully saturated rings. The van der Waals surface area contributed by atoms with Gasteiger partial charge >= 0.3 is 0 Å². The maximum atomic E-state index is 12.7. The van der Waals surface area contributed by atoms with Gasteiger partial charge in [-0.1, -0.05) is 29.8 Å². The molecule has 0 radical (unpaired) electrons. The van der Waals surface area contributed by atoms with Crippen LogP contribution in [0.5, 0.6) is 0 Å². The molecule has 0 spiro atoms. The van der Waals surface area contributed by atoms with Crippen molar-refractivity contribution in [1.82, 2.24) is 19.6 Å². The predicted octanol–water partition coefficient (Wildman–Crippen LogP) is 3.32. The second kappa shape index (κ2) is 7.47. The highest BCUT2D eigenvalue weighted by atomic mass is 19.3. The quantitative estimate of drug-likeness (QED) is 0.734. The molecule has 3 rings (SSSR count). The summed E-state index contributed by atoms with van der Waals surface area (Å²) in [5, 5.41) is 10.7. The number of nitrogens with one attached hydrogen (secondary N) is 1. The minimum Gasteiger partial charge on any atom is -0.308 e. The van der Waals surface area contributed by atoms with Gasteiger partial charge in [0, 0.05) is 18.0 Å². The van der Waals surface area contributed by atoms with Gasteiger partial charge in [0.05, 0.1) is 6.54 Å². The molecule has 0 unspecified atom stereocenters. The van der Waals surface area contributed by atoms with Crippen LogP contribution in [0.3, 0.4) is 0 Å². The highest BCUT2D eigenvalue weighted by molar-refractivity contribution is 5.89. The van der Waals surface area contributed by atoms with Gasteiger partial charge < -0.3 is 5.32 Å². The van der Waals surface area contributed by atoms with E-state index in [0.717, 1.165) is 5.56 Å². The number of halogens is 2. The first-order chi connectivity index (χ1) is 12.4. The molecule has 2 heterocycles. The van der Waals surface area contributed by atoms with E-state index in [9.17, 15) is 13.6 Å². The molecular formula is C18H19F2N5O. The van der Waals surface area contributed by atoms with Crippen LogP contribution in [0.25, 0.3) is 0 Å². The maximum Gasteiger partial charge on any atom is 0.282 e. The van der Waals surface area contributed by atoms with Crippen LogP contribution in [0, 0.1) is 13.8 Å². The number of amides is 1. The number of carbonyl (C=O) groups is 1. The van der Waals surface area contributed by atoms with Crippen molar-refractivity contribution in [3.8, 4) is 0 Å². The van der Waals surface area contributed by atoms with Gasteiger partial charge in [-0.25, -0.2) is 8.78 Å². The monoisotopic (exact) mass is 359 g/mol. The van der Waals surface area contributed by atoms with Crippen molar-refractivity contribution in [3.63, 3.8) is 0 Å². The van der Waals surface area contributed by atoms with Crippen LogP contribution in [-0.4, -0.2) is 25.5 Å². The Hall–Kier alpha value is -3.03. The molecular weight excluding hydrogens is 340 g/mol. The lowest BCUT2D eigenvalue weighted by Gasteiger charge is -2.05. The summed E-state index contributed by atoms with van der Waals surface area (Å²) in [4.78, 5) is 12.1. The number of aryl methyl sites for hydroxylation is 2. The summed E-state index contributed by atoms with van der Waals surface area (Å²) in [6, 6.07) is 11.0. The third kappa shape index (κ3) is 4.33. The van der Waals surface area contributed by atoms with Gasteiger partial charge in [0.1, 0.15) is 12.2 Å². The third-order valence-corrected chi connectivity index (χ3v) is 3.85. The zero-order valence-corrected chi connectivity index (χ0v) is 14.5. The maximum absolute atomic E-state index is 12.7. The summed E-state index contributed by atoms with van der Waals surface area (Å²) < 4.78 is 28.3. The van der Waals surface area contributed by atoms with Crippen LogP contribution in [-0.2, 0) is 17.9 Å². The van der Waals surface area contributed by atoms with Crippen molar-refractivity contribution in [2.75, 3.05) is 5.32 Å². The standard InChI is InChI=1S/C18H19F2N5O/c1-12-4-3-5-14(8-12)10-24-7-6-16(23-24)21-17(26)11-25-13(2)9-15(22-25)18(19)20/h3-9,18H,10-11H2,1-2H3,(H,21,23,26). The van der Waals surface area contributed by atoms with E-state index in [2.05, 4.69) is 21.6 Å². The van der Waals surface area contributed by atoms with E-state index in [4.69, 9.17) is 0 Å². The normalized spacial score (nSPS) is 11.1. The number of benzene rings is 1. The van der Waals surface area contributed by atoms with Crippen molar-refractivity contribution < 1.29 is 13.6 Å². The van der Waals surface area contributed by atoms with E-state index in [1.807, 2.05) is 25.1 Å². The van der Waals surface area contributed by atoms with Gasteiger partial charge in [0.15, 0.2) is 5.82 Å². The highest BCUT2D eigenvalue weighted by Crippen LogP contribution is 2.18. The summed E-state index contributed by atoms with van der Waals surface area (Å²) in [6.07, 6.45) is -0.887. The molecule has 0 bridgehead atoms. The first-order valence-electron chi connectivity index (χ1n) is 8.12. The number of alkyl halides is 2. The zero-order valence-electron chi connectivity index (χ0n) is 14.5. The van der Waals surface area contributed by atoms with Crippen molar-refractivity contribution in [2.24, 2.45) is 0 Å². The van der Waals surface area contributed by atoms with E-state index < -0.39 is 6.43 Å². The minimum absolute atomic E-state index is 0.150. The molecule has 3 aromatic rings. The second-order valence-corrected chi connectivity index (χ2v) is 6.10. The van der Waals surface area contributed by atoms with Crippen LogP contribution in [0.1, 0.15) is 28.9 Å². The fraction of sp³-hybridized carbons (Fsp3) is 0.278. The highest BCUT2D eigenvalue weighted by Gasteiger charge is 2.15. The summed E-state index contributed by atoms with van der Waals surface area (Å²) >= 11 is 0. The molecule has 1 aromatic carbocycles.